The number of ether oxygens (including phenoxy) is 1. The standard InChI is InChI=1S/C25H38O3/c1-14(2)11-15-13-25(10-9-16-12-17(25)22(16,3)4)28-20-18(15)19(26)23(5,6)21(27)24(20,7)8/h14-17H,9-13H2,1-8H3/t15-,16?,17?,25+/m0/s1. The molecule has 3 nitrogen and oxygen atoms in total. The number of allylic oxidation sites excluding steroid dienone is 2. The predicted octanol–water partition coefficient (Wildman–Crippen LogP) is 5.72. The summed E-state index contributed by atoms with van der Waals surface area (Å²) in [6, 6.07) is 0. The second-order valence-electron chi connectivity index (χ2n) is 12.2. The summed E-state index contributed by atoms with van der Waals surface area (Å²) in [5.41, 5.74) is -0.757. The molecule has 1 aliphatic heterocycles. The van der Waals surface area contributed by atoms with Crippen molar-refractivity contribution < 1.29 is 14.3 Å². The van der Waals surface area contributed by atoms with Gasteiger partial charge in [0.2, 0.25) is 0 Å². The third-order valence-corrected chi connectivity index (χ3v) is 8.84. The summed E-state index contributed by atoms with van der Waals surface area (Å²) in [5, 5.41) is 0. The second kappa shape index (κ2) is 5.73. The van der Waals surface area contributed by atoms with Gasteiger partial charge in [-0.15, -0.1) is 0 Å². The molecule has 0 radical (unpaired) electrons. The van der Waals surface area contributed by atoms with Gasteiger partial charge in [0.15, 0.2) is 11.6 Å². The Hall–Kier alpha value is -1.12. The Kier molecular flexibility index (Phi) is 4.13. The summed E-state index contributed by atoms with van der Waals surface area (Å²) < 4.78 is 6.90. The number of carbonyl (C=O) groups excluding carboxylic acids is 2. The van der Waals surface area contributed by atoms with Crippen LogP contribution in [0.3, 0.4) is 0 Å². The van der Waals surface area contributed by atoms with Crippen molar-refractivity contribution in [3.8, 4) is 0 Å². The minimum absolute atomic E-state index is 0.00523. The van der Waals surface area contributed by atoms with Gasteiger partial charge in [0.05, 0.1) is 10.8 Å². The molecule has 0 aromatic heterocycles. The summed E-state index contributed by atoms with van der Waals surface area (Å²) in [7, 11) is 0. The van der Waals surface area contributed by atoms with Crippen LogP contribution in [0.5, 0.6) is 0 Å². The first-order valence-corrected chi connectivity index (χ1v) is 11.3. The second-order valence-corrected chi connectivity index (χ2v) is 12.2. The van der Waals surface area contributed by atoms with Gasteiger partial charge in [0, 0.05) is 11.5 Å². The molecule has 156 valence electrons. The van der Waals surface area contributed by atoms with Crippen molar-refractivity contribution in [2.24, 2.45) is 39.9 Å². The molecule has 5 rings (SSSR count). The van der Waals surface area contributed by atoms with Gasteiger partial charge in [0.25, 0.3) is 0 Å². The maximum atomic E-state index is 13.5. The Balaban J connectivity index is 1.86. The van der Waals surface area contributed by atoms with Crippen molar-refractivity contribution in [1.29, 1.82) is 0 Å². The van der Waals surface area contributed by atoms with Crippen molar-refractivity contribution in [3.63, 3.8) is 0 Å². The largest absolute Gasteiger partial charge is 0.490 e. The normalized spacial score (nSPS) is 40.2. The van der Waals surface area contributed by atoms with Crippen LogP contribution in [0.4, 0.5) is 0 Å². The molecule has 2 bridgehead atoms. The Labute approximate surface area is 170 Å². The molecule has 4 aliphatic carbocycles. The number of carbonyl (C=O) groups is 2. The summed E-state index contributed by atoms with van der Waals surface area (Å²) in [4.78, 5) is 26.8. The molecule has 0 amide bonds. The van der Waals surface area contributed by atoms with Crippen molar-refractivity contribution in [1.82, 2.24) is 0 Å². The molecule has 28 heavy (non-hydrogen) atoms. The van der Waals surface area contributed by atoms with Crippen LogP contribution in [0.1, 0.15) is 87.5 Å². The fraction of sp³-hybridized carbons (Fsp3) is 0.840. The Bertz CT molecular complexity index is 765. The van der Waals surface area contributed by atoms with Crippen molar-refractivity contribution in [3.05, 3.63) is 11.3 Å². The lowest BCUT2D eigenvalue weighted by molar-refractivity contribution is -0.230. The van der Waals surface area contributed by atoms with Gasteiger partial charge >= 0.3 is 0 Å². The Morgan fingerprint density at radius 2 is 1.68 bits per heavy atom. The molecule has 1 heterocycles. The molecule has 5 aliphatic rings. The number of ketones is 2. The highest BCUT2D eigenvalue weighted by Crippen LogP contribution is 2.68. The molecule has 3 heteroatoms. The van der Waals surface area contributed by atoms with E-state index in [9.17, 15) is 9.59 Å². The zero-order chi connectivity index (χ0) is 20.9. The molecule has 0 aromatic carbocycles. The SMILES string of the molecule is CC(C)C[C@H]1C[C@@]2(CCC3CC2C3(C)C)OC2=C1C(=O)C(C)(C)C(=O)C2(C)C. The summed E-state index contributed by atoms with van der Waals surface area (Å²) >= 11 is 0. The van der Waals surface area contributed by atoms with E-state index in [0.717, 1.165) is 36.5 Å². The number of Topliss-reactive ketones (excluding diaryl/α,β-unsaturated/α-hetero) is 2. The minimum atomic E-state index is -0.959. The van der Waals surface area contributed by atoms with Crippen LogP contribution in [-0.4, -0.2) is 17.2 Å². The predicted molar refractivity (Wildman–Crippen MR) is 111 cm³/mol. The van der Waals surface area contributed by atoms with Crippen LogP contribution in [0.25, 0.3) is 0 Å². The highest BCUT2D eigenvalue weighted by molar-refractivity contribution is 6.19. The first-order chi connectivity index (χ1) is 12.7. The van der Waals surface area contributed by atoms with Crippen LogP contribution >= 0.6 is 0 Å². The Morgan fingerprint density at radius 3 is 2.21 bits per heavy atom. The van der Waals surface area contributed by atoms with Gasteiger partial charge in [-0.3, -0.25) is 9.59 Å². The van der Waals surface area contributed by atoms with E-state index in [4.69, 9.17) is 4.74 Å². The molecular weight excluding hydrogens is 348 g/mol. The van der Waals surface area contributed by atoms with Crippen LogP contribution < -0.4 is 0 Å². The number of hydrogen-bond acceptors (Lipinski definition) is 3. The number of rotatable bonds is 2. The first kappa shape index (κ1) is 20.2. The van der Waals surface area contributed by atoms with Gasteiger partial charge in [-0.2, -0.15) is 0 Å². The summed E-state index contributed by atoms with van der Waals surface area (Å²) in [5.74, 6) is 2.78. The maximum Gasteiger partial charge on any atom is 0.175 e. The van der Waals surface area contributed by atoms with Crippen LogP contribution in [0, 0.1) is 39.9 Å². The van der Waals surface area contributed by atoms with Crippen molar-refractivity contribution >= 4 is 11.6 Å². The van der Waals surface area contributed by atoms with E-state index in [1.54, 1.807) is 13.8 Å². The lowest BCUT2D eigenvalue weighted by atomic mass is 9.42. The first-order valence-electron chi connectivity index (χ1n) is 11.3. The summed E-state index contributed by atoms with van der Waals surface area (Å²) in [6.45, 7) is 16.8. The fourth-order valence-electron chi connectivity index (χ4n) is 7.21. The molecule has 0 aromatic rings. The average molecular weight is 387 g/mol. The van der Waals surface area contributed by atoms with E-state index in [-0.39, 0.29) is 23.1 Å². The molecule has 0 N–H and O–H groups in total. The topological polar surface area (TPSA) is 43.4 Å². The van der Waals surface area contributed by atoms with Crippen molar-refractivity contribution in [2.45, 2.75) is 93.1 Å². The van der Waals surface area contributed by atoms with Gasteiger partial charge in [0.1, 0.15) is 11.4 Å². The van der Waals surface area contributed by atoms with Crippen LogP contribution in [0.15, 0.2) is 11.3 Å². The molecular formula is C25H38O3. The monoisotopic (exact) mass is 386 g/mol. The van der Waals surface area contributed by atoms with Crippen LogP contribution in [-0.2, 0) is 14.3 Å². The molecule has 0 saturated heterocycles. The van der Waals surface area contributed by atoms with E-state index in [1.807, 2.05) is 13.8 Å². The van der Waals surface area contributed by atoms with E-state index >= 15 is 0 Å². The fourth-order valence-corrected chi connectivity index (χ4v) is 7.21. The van der Waals surface area contributed by atoms with E-state index in [0.29, 0.717) is 17.3 Å². The third-order valence-electron chi connectivity index (χ3n) is 8.84. The lowest BCUT2D eigenvalue weighted by Crippen LogP contribution is -2.65. The molecule has 1 spiro atoms. The molecule has 3 saturated carbocycles. The lowest BCUT2D eigenvalue weighted by Gasteiger charge is -2.67. The molecule has 4 atom stereocenters. The zero-order valence-corrected chi connectivity index (χ0v) is 19.1. The summed E-state index contributed by atoms with van der Waals surface area (Å²) in [6.07, 6.45) is 5.44. The van der Waals surface area contributed by atoms with Gasteiger partial charge in [-0.05, 0) is 83.0 Å². The van der Waals surface area contributed by atoms with Gasteiger partial charge in [-0.25, -0.2) is 0 Å². The van der Waals surface area contributed by atoms with Crippen LogP contribution in [0.2, 0.25) is 0 Å². The Morgan fingerprint density at radius 1 is 1.04 bits per heavy atom. The highest BCUT2D eigenvalue weighted by Gasteiger charge is 2.67. The molecule has 2 unspecified atom stereocenters. The maximum absolute atomic E-state index is 13.5. The van der Waals surface area contributed by atoms with Crippen molar-refractivity contribution in [2.75, 3.05) is 0 Å². The minimum Gasteiger partial charge on any atom is -0.490 e. The van der Waals surface area contributed by atoms with E-state index in [2.05, 4.69) is 27.7 Å². The number of fused-ring (bicyclic) bond motifs is 1. The molecule has 3 fully saturated rings. The zero-order valence-electron chi connectivity index (χ0n) is 19.1. The number of hydrogen-bond donors (Lipinski definition) is 0. The van der Waals surface area contributed by atoms with E-state index in [1.165, 1.54) is 12.8 Å². The van der Waals surface area contributed by atoms with E-state index < -0.39 is 10.8 Å². The smallest absolute Gasteiger partial charge is 0.175 e. The highest BCUT2D eigenvalue weighted by atomic mass is 16.5. The van der Waals surface area contributed by atoms with Gasteiger partial charge in [-0.1, -0.05) is 27.7 Å². The van der Waals surface area contributed by atoms with Gasteiger partial charge < -0.3 is 4.74 Å². The quantitative estimate of drug-likeness (QED) is 0.570. The third kappa shape index (κ3) is 2.40. The average Bonchev–Trinajstić information content (AvgIpc) is 2.58.